The molecule has 2 aromatic rings. The van der Waals surface area contributed by atoms with E-state index >= 15 is 0 Å². The number of nitrogens with one attached hydrogen (secondary N) is 2. The van der Waals surface area contributed by atoms with Gasteiger partial charge in [-0.2, -0.15) is 13.2 Å². The van der Waals surface area contributed by atoms with E-state index in [-0.39, 0.29) is 33.0 Å². The molecule has 4 rings (SSSR count). The Hall–Kier alpha value is -2.87. The van der Waals surface area contributed by atoms with Crippen molar-refractivity contribution in [1.29, 1.82) is 0 Å². The minimum absolute atomic E-state index is 0.0333. The summed E-state index contributed by atoms with van der Waals surface area (Å²) in [5.41, 5.74) is -2.32. The number of aromatic nitrogens is 2. The van der Waals surface area contributed by atoms with Crippen LogP contribution in [0.2, 0.25) is 0 Å². The molecule has 40 heavy (non-hydrogen) atoms. The van der Waals surface area contributed by atoms with Gasteiger partial charge in [-0.05, 0) is 65.4 Å². The van der Waals surface area contributed by atoms with E-state index in [4.69, 9.17) is 0 Å². The van der Waals surface area contributed by atoms with Crippen molar-refractivity contribution < 1.29 is 36.6 Å². The van der Waals surface area contributed by atoms with E-state index in [9.17, 15) is 36.6 Å². The number of anilines is 1. The molecule has 0 aromatic carbocycles. The molecule has 0 spiro atoms. The number of pyridine rings is 1. The summed E-state index contributed by atoms with van der Waals surface area (Å²) in [7, 11) is 0. The Morgan fingerprint density at radius 1 is 1.20 bits per heavy atom. The van der Waals surface area contributed by atoms with Crippen LogP contribution in [-0.4, -0.2) is 68.2 Å². The van der Waals surface area contributed by atoms with Gasteiger partial charge >= 0.3 is 6.18 Å². The first-order valence-electron chi connectivity index (χ1n) is 13.0. The summed E-state index contributed by atoms with van der Waals surface area (Å²) >= 11 is 0.706. The van der Waals surface area contributed by atoms with Crippen molar-refractivity contribution in [3.63, 3.8) is 0 Å². The Morgan fingerprint density at radius 2 is 1.88 bits per heavy atom. The van der Waals surface area contributed by atoms with Crippen LogP contribution in [0, 0.1) is 5.92 Å². The molecule has 2 fully saturated rings. The summed E-state index contributed by atoms with van der Waals surface area (Å²) in [6, 6.07) is -1.90. The number of nitrogens with zero attached hydrogens (tertiary/aromatic N) is 3. The highest BCUT2D eigenvalue weighted by molar-refractivity contribution is 7.17. The van der Waals surface area contributed by atoms with Crippen molar-refractivity contribution >= 4 is 29.0 Å². The second-order valence-electron chi connectivity index (χ2n) is 11.0. The molecule has 3 atom stereocenters. The number of likely N-dealkylation sites (tertiary alicyclic amines) is 1. The summed E-state index contributed by atoms with van der Waals surface area (Å²) in [6.07, 6.45) is -4.49. The van der Waals surface area contributed by atoms with Crippen LogP contribution in [0.3, 0.4) is 0 Å². The molecule has 220 valence electrons. The van der Waals surface area contributed by atoms with Gasteiger partial charge in [0.05, 0.1) is 16.5 Å². The van der Waals surface area contributed by atoms with Gasteiger partial charge in [0.25, 0.3) is 18.2 Å². The van der Waals surface area contributed by atoms with Gasteiger partial charge in [0, 0.05) is 29.9 Å². The van der Waals surface area contributed by atoms with Crippen molar-refractivity contribution in [2.75, 3.05) is 11.9 Å². The lowest BCUT2D eigenvalue weighted by molar-refractivity contribution is -0.146. The number of amides is 2. The molecule has 3 heterocycles. The molecule has 2 aliphatic rings. The van der Waals surface area contributed by atoms with Gasteiger partial charge < -0.3 is 20.6 Å². The van der Waals surface area contributed by atoms with Crippen LogP contribution < -0.4 is 10.6 Å². The molecule has 14 heteroatoms. The fraction of sp³-hybridized carbons (Fsp3) is 0.615. The first-order valence-corrected chi connectivity index (χ1v) is 13.9. The lowest BCUT2D eigenvalue weighted by Gasteiger charge is -2.26. The number of halogens is 5. The molecule has 3 N–H and O–H groups in total. The maximum Gasteiger partial charge on any atom is 0.408 e. The monoisotopic (exact) mass is 589 g/mol. The second kappa shape index (κ2) is 11.2. The van der Waals surface area contributed by atoms with Crippen molar-refractivity contribution in [2.24, 2.45) is 5.92 Å². The van der Waals surface area contributed by atoms with Crippen LogP contribution in [0.15, 0.2) is 12.3 Å². The van der Waals surface area contributed by atoms with Crippen LogP contribution in [-0.2, 0) is 0 Å². The van der Waals surface area contributed by atoms with Crippen molar-refractivity contribution in [1.82, 2.24) is 20.2 Å². The van der Waals surface area contributed by atoms with E-state index in [1.807, 2.05) is 6.92 Å². The van der Waals surface area contributed by atoms with Crippen LogP contribution in [0.4, 0.5) is 27.8 Å². The van der Waals surface area contributed by atoms with Gasteiger partial charge in [-0.3, -0.25) is 9.59 Å². The van der Waals surface area contributed by atoms with Crippen molar-refractivity contribution in [3.8, 4) is 10.4 Å². The number of alkyl halides is 5. The average molecular weight is 590 g/mol. The zero-order valence-electron chi connectivity index (χ0n) is 22.5. The van der Waals surface area contributed by atoms with Gasteiger partial charge in [-0.25, -0.2) is 18.7 Å². The molecule has 2 amide bonds. The quantitative estimate of drug-likeness (QED) is 0.338. The van der Waals surface area contributed by atoms with Gasteiger partial charge in [0.1, 0.15) is 17.6 Å². The van der Waals surface area contributed by atoms with Crippen LogP contribution in [0.25, 0.3) is 10.4 Å². The van der Waals surface area contributed by atoms with Crippen molar-refractivity contribution in [3.05, 3.63) is 28.5 Å². The minimum Gasteiger partial charge on any atom is -0.388 e. The second-order valence-corrected chi connectivity index (χ2v) is 12.0. The zero-order chi connectivity index (χ0) is 29.6. The molecule has 0 bridgehead atoms. The number of carbonyl (C=O) groups is 2. The predicted octanol–water partition coefficient (Wildman–Crippen LogP) is 5.41. The Bertz CT molecular complexity index is 1260. The summed E-state index contributed by atoms with van der Waals surface area (Å²) in [6.45, 7) is 6.84. The minimum atomic E-state index is -4.58. The number of carbonyl (C=O) groups excluding carboxylic acids is 2. The number of hydrogen-bond acceptors (Lipinski definition) is 7. The average Bonchev–Trinajstić information content (AvgIpc) is 3.43. The molecule has 0 radical (unpaired) electrons. The number of thiazole rings is 1. The first kappa shape index (κ1) is 30.1. The molecule has 1 aliphatic heterocycles. The van der Waals surface area contributed by atoms with E-state index in [2.05, 4.69) is 20.6 Å². The standard InChI is InChI=1S/C26H32F5N5O3S/c1-12-6-5-9-36(12)24(38)18-19(40-23(35-18)22(37)33-13(2)25(3,4)39)16-11-32-17(10-15(16)21(27)28)34-20(14-7-8-14)26(29,30)31/h10-14,20-21,39H,5-9H2,1-4H3,(H,32,34)(H,33,37)/t12-,13?,20?/m0/s1. The largest absolute Gasteiger partial charge is 0.408 e. The Kier molecular flexibility index (Phi) is 8.42. The highest BCUT2D eigenvalue weighted by Crippen LogP contribution is 2.43. The highest BCUT2D eigenvalue weighted by atomic mass is 32.1. The van der Waals surface area contributed by atoms with Gasteiger partial charge in [0.15, 0.2) is 5.01 Å². The number of aliphatic hydroxyl groups is 1. The van der Waals surface area contributed by atoms with E-state index < -0.39 is 53.6 Å². The molecule has 1 saturated heterocycles. The van der Waals surface area contributed by atoms with E-state index in [0.29, 0.717) is 30.7 Å². The Balaban J connectivity index is 1.75. The Morgan fingerprint density at radius 3 is 2.40 bits per heavy atom. The topological polar surface area (TPSA) is 107 Å². The van der Waals surface area contributed by atoms with Gasteiger partial charge in [-0.1, -0.05) is 0 Å². The molecule has 8 nitrogen and oxygen atoms in total. The smallest absolute Gasteiger partial charge is 0.388 e. The fourth-order valence-electron chi connectivity index (χ4n) is 4.53. The molecular weight excluding hydrogens is 557 g/mol. The third kappa shape index (κ3) is 6.54. The lowest BCUT2D eigenvalue weighted by atomic mass is 10.0. The normalized spacial score (nSPS) is 19.6. The number of hydrogen-bond donors (Lipinski definition) is 3. The fourth-order valence-corrected chi connectivity index (χ4v) is 5.52. The Labute approximate surface area is 232 Å². The first-order chi connectivity index (χ1) is 18.6. The summed E-state index contributed by atoms with van der Waals surface area (Å²) < 4.78 is 69.2. The summed E-state index contributed by atoms with van der Waals surface area (Å²) in [5, 5.41) is 14.9. The van der Waals surface area contributed by atoms with E-state index in [1.165, 1.54) is 13.8 Å². The maximum absolute atomic E-state index is 14.3. The molecule has 2 aromatic heterocycles. The predicted molar refractivity (Wildman–Crippen MR) is 139 cm³/mol. The third-order valence-corrected chi connectivity index (χ3v) is 8.50. The van der Waals surface area contributed by atoms with Crippen LogP contribution in [0.5, 0.6) is 0 Å². The van der Waals surface area contributed by atoms with Crippen molar-refractivity contribution in [2.45, 2.75) is 89.7 Å². The zero-order valence-corrected chi connectivity index (χ0v) is 23.3. The maximum atomic E-state index is 14.3. The van der Waals surface area contributed by atoms with Crippen LogP contribution >= 0.6 is 11.3 Å². The highest BCUT2D eigenvalue weighted by Gasteiger charge is 2.49. The number of rotatable bonds is 9. The van der Waals surface area contributed by atoms with Gasteiger partial charge in [-0.15, -0.1) is 11.3 Å². The van der Waals surface area contributed by atoms with Gasteiger partial charge in [0.2, 0.25) is 0 Å². The van der Waals surface area contributed by atoms with E-state index in [1.54, 1.807) is 11.8 Å². The lowest BCUT2D eigenvalue weighted by Crippen LogP contribution is -2.47. The van der Waals surface area contributed by atoms with E-state index in [0.717, 1.165) is 25.1 Å². The van der Waals surface area contributed by atoms with Crippen LogP contribution in [0.1, 0.15) is 85.7 Å². The SMILES string of the molecule is CC(NC(=O)c1nc(C(=O)N2CCC[C@@H]2C)c(-c2cnc(NC(C3CC3)C(F)(F)F)cc2C(F)F)s1)C(C)(C)O. The summed E-state index contributed by atoms with van der Waals surface area (Å²) in [5.74, 6) is -2.27. The molecule has 1 aliphatic carbocycles. The molecular formula is C26H32F5N5O3S. The third-order valence-electron chi connectivity index (χ3n) is 7.41. The molecule has 2 unspecified atom stereocenters. The summed E-state index contributed by atoms with van der Waals surface area (Å²) in [4.78, 5) is 36.2. The molecule has 1 saturated carbocycles.